The van der Waals surface area contributed by atoms with Crippen molar-refractivity contribution in [1.82, 2.24) is 15.2 Å². The van der Waals surface area contributed by atoms with Crippen molar-refractivity contribution in [2.24, 2.45) is 0 Å². The van der Waals surface area contributed by atoms with E-state index in [0.29, 0.717) is 44.1 Å². The molecule has 9 heteroatoms. The number of carbonyl (C=O) groups is 1. The topological polar surface area (TPSA) is 48.5 Å². The van der Waals surface area contributed by atoms with Gasteiger partial charge in [-0.3, -0.25) is 9.69 Å². The van der Waals surface area contributed by atoms with E-state index in [2.05, 4.69) is 10.3 Å². The minimum Gasteiger partial charge on any atom is -0.354 e. The number of nitrogens with zero attached hydrogens (tertiary/aromatic N) is 3. The lowest BCUT2D eigenvalue weighted by atomic mass is 10.0. The summed E-state index contributed by atoms with van der Waals surface area (Å²) in [7, 11) is 0. The van der Waals surface area contributed by atoms with Crippen LogP contribution < -0.4 is 10.2 Å². The van der Waals surface area contributed by atoms with Crippen LogP contribution in [-0.2, 0) is 11.0 Å². The molecule has 1 aliphatic heterocycles. The lowest BCUT2D eigenvalue weighted by Crippen LogP contribution is -2.50. The van der Waals surface area contributed by atoms with Crippen LogP contribution in [0.2, 0.25) is 0 Å². The van der Waals surface area contributed by atoms with Gasteiger partial charge in [-0.2, -0.15) is 13.2 Å². The van der Waals surface area contributed by atoms with E-state index < -0.39 is 11.7 Å². The molecule has 2 aromatic heterocycles. The van der Waals surface area contributed by atoms with E-state index in [1.807, 2.05) is 37.5 Å². The molecule has 160 valence electrons. The maximum absolute atomic E-state index is 13.7. The Bertz CT molecular complexity index is 870. The third-order valence-electron chi connectivity index (χ3n) is 4.98. The summed E-state index contributed by atoms with van der Waals surface area (Å²) in [6.07, 6.45) is -4.42. The molecule has 3 heterocycles. The molecule has 5 nitrogen and oxygen atoms in total. The van der Waals surface area contributed by atoms with E-state index in [9.17, 15) is 18.0 Å². The molecule has 3 rings (SSSR count). The van der Waals surface area contributed by atoms with E-state index in [-0.39, 0.29) is 22.6 Å². The SMILES string of the molecule is CC(C)NC(=O)CN1CCN(c2cc(C(F)(F)F)c3scc(C(C)C)c3n2)CC1. The Morgan fingerprint density at radius 2 is 1.86 bits per heavy atom. The average molecular weight is 429 g/mol. The Morgan fingerprint density at radius 3 is 2.41 bits per heavy atom. The highest BCUT2D eigenvalue weighted by Gasteiger charge is 2.35. The summed E-state index contributed by atoms with van der Waals surface area (Å²) in [6, 6.07) is 1.26. The summed E-state index contributed by atoms with van der Waals surface area (Å²) in [5.41, 5.74) is 0.683. The van der Waals surface area contributed by atoms with Gasteiger partial charge >= 0.3 is 6.18 Å². The highest BCUT2D eigenvalue weighted by atomic mass is 32.1. The Balaban J connectivity index is 1.82. The zero-order chi connectivity index (χ0) is 21.3. The zero-order valence-electron chi connectivity index (χ0n) is 17.1. The number of thiophene rings is 1. The molecule has 1 aliphatic rings. The second kappa shape index (κ2) is 8.47. The fourth-order valence-electron chi connectivity index (χ4n) is 3.50. The molecular weight excluding hydrogens is 401 g/mol. The standard InChI is InChI=1S/C20H27F3N4OS/c1-12(2)14-11-29-19-15(20(21,22)23)9-16(25-18(14)19)27-7-5-26(6-8-27)10-17(28)24-13(3)4/h9,11-13H,5-8,10H2,1-4H3,(H,24,28). The lowest BCUT2D eigenvalue weighted by Gasteiger charge is -2.35. The summed E-state index contributed by atoms with van der Waals surface area (Å²) in [5.74, 6) is 0.424. The number of alkyl halides is 3. The van der Waals surface area contributed by atoms with E-state index in [4.69, 9.17) is 0 Å². The van der Waals surface area contributed by atoms with Crippen LogP contribution >= 0.6 is 11.3 Å². The number of amides is 1. The molecule has 0 saturated carbocycles. The van der Waals surface area contributed by atoms with Gasteiger partial charge in [0, 0.05) is 32.2 Å². The first-order valence-electron chi connectivity index (χ1n) is 9.82. The zero-order valence-corrected chi connectivity index (χ0v) is 18.0. The number of fused-ring (bicyclic) bond motifs is 1. The Labute approximate surface area is 172 Å². The molecule has 0 bridgehead atoms. The Hall–Kier alpha value is -1.87. The van der Waals surface area contributed by atoms with E-state index in [1.165, 1.54) is 6.07 Å². The number of aromatic nitrogens is 1. The van der Waals surface area contributed by atoms with E-state index in [0.717, 1.165) is 16.9 Å². The van der Waals surface area contributed by atoms with Crippen molar-refractivity contribution in [3.63, 3.8) is 0 Å². The fourth-order valence-corrected chi connectivity index (χ4v) is 4.71. The number of anilines is 1. The second-order valence-corrected chi connectivity index (χ2v) is 8.91. The first kappa shape index (κ1) is 21.8. The maximum atomic E-state index is 13.7. The molecule has 2 aromatic rings. The van der Waals surface area contributed by atoms with Gasteiger partial charge in [0.25, 0.3) is 0 Å². The van der Waals surface area contributed by atoms with Crippen LogP contribution in [0.5, 0.6) is 0 Å². The van der Waals surface area contributed by atoms with Crippen LogP contribution in [0.1, 0.15) is 44.7 Å². The minimum atomic E-state index is -4.42. The van der Waals surface area contributed by atoms with Gasteiger partial charge in [-0.15, -0.1) is 11.3 Å². The van der Waals surface area contributed by atoms with Crippen LogP contribution in [-0.4, -0.2) is 54.6 Å². The fraction of sp³-hybridized carbons (Fsp3) is 0.600. The van der Waals surface area contributed by atoms with Crippen molar-refractivity contribution in [2.45, 2.75) is 45.8 Å². The van der Waals surface area contributed by atoms with Gasteiger partial charge in [0.1, 0.15) is 5.82 Å². The van der Waals surface area contributed by atoms with Crippen molar-refractivity contribution in [3.05, 3.63) is 22.6 Å². The predicted molar refractivity (Wildman–Crippen MR) is 111 cm³/mol. The number of halogens is 3. The number of carbonyl (C=O) groups excluding carboxylic acids is 1. The largest absolute Gasteiger partial charge is 0.417 e. The molecule has 0 aliphatic carbocycles. The second-order valence-electron chi connectivity index (χ2n) is 8.03. The third kappa shape index (κ3) is 5.01. The molecule has 0 spiro atoms. The van der Waals surface area contributed by atoms with Gasteiger partial charge in [-0.25, -0.2) is 4.98 Å². The van der Waals surface area contributed by atoms with E-state index >= 15 is 0 Å². The number of rotatable bonds is 5. The molecule has 0 radical (unpaired) electrons. The quantitative estimate of drug-likeness (QED) is 0.780. The Kier molecular flexibility index (Phi) is 6.38. The first-order valence-corrected chi connectivity index (χ1v) is 10.7. The molecule has 1 amide bonds. The molecule has 0 atom stereocenters. The van der Waals surface area contributed by atoms with Gasteiger partial charge in [0.2, 0.25) is 5.91 Å². The number of pyridine rings is 1. The predicted octanol–water partition coefficient (Wildman–Crippen LogP) is 4.09. The summed E-state index contributed by atoms with van der Waals surface area (Å²) in [4.78, 5) is 20.5. The molecule has 0 unspecified atom stereocenters. The molecule has 1 saturated heterocycles. The highest BCUT2D eigenvalue weighted by Crippen LogP contribution is 2.41. The van der Waals surface area contributed by atoms with Crippen molar-refractivity contribution in [1.29, 1.82) is 0 Å². The highest BCUT2D eigenvalue weighted by molar-refractivity contribution is 7.17. The van der Waals surface area contributed by atoms with Crippen LogP contribution in [0.3, 0.4) is 0 Å². The molecule has 0 aromatic carbocycles. The smallest absolute Gasteiger partial charge is 0.354 e. The third-order valence-corrected chi connectivity index (χ3v) is 6.00. The maximum Gasteiger partial charge on any atom is 0.417 e. The van der Waals surface area contributed by atoms with Crippen LogP contribution in [0.25, 0.3) is 10.2 Å². The summed E-state index contributed by atoms with van der Waals surface area (Å²) in [5, 5.41) is 4.64. The minimum absolute atomic E-state index is 0.0350. The molecular formula is C20H27F3N4OS. The number of piperazine rings is 1. The lowest BCUT2D eigenvalue weighted by molar-refractivity contribution is -0.136. The van der Waals surface area contributed by atoms with Gasteiger partial charge in [-0.05, 0) is 36.8 Å². The van der Waals surface area contributed by atoms with Gasteiger partial charge < -0.3 is 10.2 Å². The summed E-state index contributed by atoms with van der Waals surface area (Å²) >= 11 is 1.11. The van der Waals surface area contributed by atoms with Gasteiger partial charge in [-0.1, -0.05) is 13.8 Å². The van der Waals surface area contributed by atoms with Crippen molar-refractivity contribution in [3.8, 4) is 0 Å². The summed E-state index contributed by atoms with van der Waals surface area (Å²) < 4.78 is 41.3. The van der Waals surface area contributed by atoms with E-state index in [1.54, 1.807) is 5.38 Å². The first-order chi connectivity index (χ1) is 13.6. The van der Waals surface area contributed by atoms with Crippen molar-refractivity contribution >= 4 is 33.3 Å². The number of hydrogen-bond donors (Lipinski definition) is 1. The van der Waals surface area contributed by atoms with Crippen molar-refractivity contribution in [2.75, 3.05) is 37.6 Å². The Morgan fingerprint density at radius 1 is 1.21 bits per heavy atom. The van der Waals surface area contributed by atoms with Gasteiger partial charge in [0.05, 0.1) is 22.3 Å². The van der Waals surface area contributed by atoms with Crippen molar-refractivity contribution < 1.29 is 18.0 Å². The van der Waals surface area contributed by atoms with Gasteiger partial charge in [0.15, 0.2) is 0 Å². The van der Waals surface area contributed by atoms with Crippen LogP contribution in [0.15, 0.2) is 11.4 Å². The van der Waals surface area contributed by atoms with Crippen LogP contribution in [0, 0.1) is 0 Å². The molecule has 1 fully saturated rings. The monoisotopic (exact) mass is 428 g/mol. The average Bonchev–Trinajstić information content (AvgIpc) is 3.04. The normalized spacial score (nSPS) is 16.2. The molecule has 29 heavy (non-hydrogen) atoms. The van der Waals surface area contributed by atoms with Crippen LogP contribution in [0.4, 0.5) is 19.0 Å². The summed E-state index contributed by atoms with van der Waals surface area (Å²) in [6.45, 7) is 10.3. The number of hydrogen-bond acceptors (Lipinski definition) is 5. The molecule has 1 N–H and O–H groups in total. The number of nitrogens with one attached hydrogen (secondary N) is 1.